The molecule has 5 nitrogen and oxygen atoms in total. The van der Waals surface area contributed by atoms with E-state index >= 15 is 0 Å². The molecule has 0 aliphatic rings. The highest BCUT2D eigenvalue weighted by atomic mass is 32.2. The number of aliphatic hydroxyl groups excluding tert-OH is 2. The van der Waals surface area contributed by atoms with Crippen LogP contribution in [0.15, 0.2) is 24.3 Å². The number of methoxy groups -OCH3 is 1. The number of aliphatic hydroxyl groups is 2. The monoisotopic (exact) mass is 312 g/mol. The predicted octanol–water partition coefficient (Wildman–Crippen LogP) is 1.47. The molecule has 1 aromatic rings. The zero-order valence-electron chi connectivity index (χ0n) is 12.1. The predicted molar refractivity (Wildman–Crippen MR) is 80.9 cm³/mol. The highest BCUT2D eigenvalue weighted by Crippen LogP contribution is 2.24. The molecular formula is C15H20O5S. The standard InChI is InChI=1S/C15H20O5S/c1-10(16)21-9-13(17)15(19)12-6-4-3-5-11(12)7-8-14(18)20-2/h3-6,13,15,17,19H,7-9H2,1-2H3. The maximum Gasteiger partial charge on any atom is 0.305 e. The second-order valence-corrected chi connectivity index (χ2v) is 5.79. The highest BCUT2D eigenvalue weighted by molar-refractivity contribution is 8.13. The average Bonchev–Trinajstić information content (AvgIpc) is 2.49. The molecule has 0 saturated carbocycles. The first-order valence-corrected chi connectivity index (χ1v) is 7.58. The van der Waals surface area contributed by atoms with Crippen LogP contribution >= 0.6 is 11.8 Å². The number of thioether (sulfide) groups is 1. The quantitative estimate of drug-likeness (QED) is 0.742. The molecule has 0 aliphatic carbocycles. The number of carbonyl (C=O) groups excluding carboxylic acids is 2. The van der Waals surface area contributed by atoms with Crippen molar-refractivity contribution in [2.45, 2.75) is 32.0 Å². The number of ether oxygens (including phenoxy) is 1. The van der Waals surface area contributed by atoms with Crippen molar-refractivity contribution < 1.29 is 24.5 Å². The van der Waals surface area contributed by atoms with Crippen LogP contribution in [0.5, 0.6) is 0 Å². The Balaban J connectivity index is 2.76. The summed E-state index contributed by atoms with van der Waals surface area (Å²) < 4.78 is 4.59. The molecule has 1 rings (SSSR count). The normalized spacial score (nSPS) is 13.5. The number of esters is 1. The van der Waals surface area contributed by atoms with Crippen LogP contribution in [0.1, 0.15) is 30.6 Å². The van der Waals surface area contributed by atoms with E-state index in [1.54, 1.807) is 24.3 Å². The topological polar surface area (TPSA) is 83.8 Å². The van der Waals surface area contributed by atoms with Gasteiger partial charge in [-0.05, 0) is 17.5 Å². The Morgan fingerprint density at radius 1 is 1.29 bits per heavy atom. The molecule has 1 aromatic carbocycles. The minimum atomic E-state index is -1.09. The first-order valence-electron chi connectivity index (χ1n) is 6.59. The molecule has 0 radical (unpaired) electrons. The van der Waals surface area contributed by atoms with Crippen LogP contribution in [0.2, 0.25) is 0 Å². The maximum absolute atomic E-state index is 11.2. The number of rotatable bonds is 7. The van der Waals surface area contributed by atoms with Gasteiger partial charge in [-0.15, -0.1) is 0 Å². The molecule has 0 bridgehead atoms. The molecule has 21 heavy (non-hydrogen) atoms. The summed E-state index contributed by atoms with van der Waals surface area (Å²) in [5, 5.41) is 20.1. The van der Waals surface area contributed by atoms with E-state index in [4.69, 9.17) is 0 Å². The third-order valence-corrected chi connectivity index (χ3v) is 3.94. The summed E-state index contributed by atoms with van der Waals surface area (Å²) in [7, 11) is 1.33. The third-order valence-electron chi connectivity index (χ3n) is 3.02. The van der Waals surface area contributed by atoms with Crippen molar-refractivity contribution in [3.63, 3.8) is 0 Å². The molecule has 0 aromatic heterocycles. The highest BCUT2D eigenvalue weighted by Gasteiger charge is 2.21. The molecule has 0 fully saturated rings. The van der Waals surface area contributed by atoms with Crippen LogP contribution in [0.4, 0.5) is 0 Å². The molecule has 116 valence electrons. The van der Waals surface area contributed by atoms with E-state index in [0.717, 1.165) is 17.3 Å². The second kappa shape index (κ2) is 8.81. The second-order valence-electron chi connectivity index (χ2n) is 4.59. The number of benzene rings is 1. The first kappa shape index (κ1) is 17.7. The lowest BCUT2D eigenvalue weighted by Crippen LogP contribution is -2.22. The van der Waals surface area contributed by atoms with Crippen molar-refractivity contribution in [2.75, 3.05) is 12.9 Å². The molecule has 2 unspecified atom stereocenters. The smallest absolute Gasteiger partial charge is 0.305 e. The van der Waals surface area contributed by atoms with E-state index < -0.39 is 12.2 Å². The van der Waals surface area contributed by atoms with Crippen molar-refractivity contribution in [2.24, 2.45) is 0 Å². The van der Waals surface area contributed by atoms with Crippen molar-refractivity contribution in [3.05, 3.63) is 35.4 Å². The Hall–Kier alpha value is -1.37. The fourth-order valence-corrected chi connectivity index (χ4v) is 2.48. The third kappa shape index (κ3) is 5.87. The van der Waals surface area contributed by atoms with Gasteiger partial charge in [0.15, 0.2) is 5.12 Å². The lowest BCUT2D eigenvalue weighted by atomic mass is 9.96. The molecular weight excluding hydrogens is 292 g/mol. The van der Waals surface area contributed by atoms with Crippen LogP contribution in [0, 0.1) is 0 Å². The minimum absolute atomic E-state index is 0.111. The average molecular weight is 312 g/mol. The molecule has 0 amide bonds. The molecule has 6 heteroatoms. The largest absolute Gasteiger partial charge is 0.469 e. The van der Waals surface area contributed by atoms with Crippen molar-refractivity contribution in [1.29, 1.82) is 0 Å². The van der Waals surface area contributed by atoms with Crippen LogP contribution in [-0.4, -0.2) is 40.3 Å². The summed E-state index contributed by atoms with van der Waals surface area (Å²) >= 11 is 0.967. The summed E-state index contributed by atoms with van der Waals surface area (Å²) in [6, 6.07) is 7.07. The molecule has 2 N–H and O–H groups in total. The van der Waals surface area contributed by atoms with Crippen LogP contribution < -0.4 is 0 Å². The van der Waals surface area contributed by atoms with E-state index in [9.17, 15) is 19.8 Å². The summed E-state index contributed by atoms with van der Waals surface area (Å²) in [5.74, 6) is -0.200. The van der Waals surface area contributed by atoms with Crippen molar-refractivity contribution >= 4 is 22.8 Å². The van der Waals surface area contributed by atoms with Crippen LogP contribution in [0.3, 0.4) is 0 Å². The SMILES string of the molecule is COC(=O)CCc1ccccc1C(O)C(O)CSC(C)=O. The summed E-state index contributed by atoms with van der Waals surface area (Å²) in [5.41, 5.74) is 1.35. The van der Waals surface area contributed by atoms with Crippen molar-refractivity contribution in [3.8, 4) is 0 Å². The van der Waals surface area contributed by atoms with E-state index in [2.05, 4.69) is 4.74 Å². The van der Waals surface area contributed by atoms with E-state index in [0.29, 0.717) is 12.0 Å². The fraction of sp³-hybridized carbons (Fsp3) is 0.467. The Morgan fingerprint density at radius 3 is 2.57 bits per heavy atom. The van der Waals surface area contributed by atoms with Gasteiger partial charge in [-0.3, -0.25) is 9.59 Å². The Labute approximate surface area is 128 Å². The maximum atomic E-state index is 11.2. The Morgan fingerprint density at radius 2 is 1.95 bits per heavy atom. The van der Waals surface area contributed by atoms with Gasteiger partial charge >= 0.3 is 5.97 Å². The van der Waals surface area contributed by atoms with Crippen LogP contribution in [0.25, 0.3) is 0 Å². The van der Waals surface area contributed by atoms with Gasteiger partial charge in [0.25, 0.3) is 0 Å². The molecule has 0 saturated heterocycles. The van der Waals surface area contributed by atoms with Gasteiger partial charge in [-0.1, -0.05) is 36.0 Å². The summed E-state index contributed by atoms with van der Waals surface area (Å²) in [4.78, 5) is 22.1. The summed E-state index contributed by atoms with van der Waals surface area (Å²) in [6.07, 6.45) is -1.51. The first-order chi connectivity index (χ1) is 9.95. The van der Waals surface area contributed by atoms with Crippen molar-refractivity contribution in [1.82, 2.24) is 0 Å². The van der Waals surface area contributed by atoms with E-state index in [-0.39, 0.29) is 23.3 Å². The minimum Gasteiger partial charge on any atom is -0.469 e. The molecule has 0 spiro atoms. The van der Waals surface area contributed by atoms with Gasteiger partial charge < -0.3 is 14.9 Å². The van der Waals surface area contributed by atoms with Gasteiger partial charge in [0, 0.05) is 19.1 Å². The lowest BCUT2D eigenvalue weighted by Gasteiger charge is -2.20. The lowest BCUT2D eigenvalue weighted by molar-refractivity contribution is -0.140. The number of hydrogen-bond donors (Lipinski definition) is 2. The molecule has 0 aliphatic heterocycles. The zero-order valence-corrected chi connectivity index (χ0v) is 12.9. The Kier molecular flexibility index (Phi) is 7.42. The Bertz CT molecular complexity index is 489. The van der Waals surface area contributed by atoms with Gasteiger partial charge in [-0.25, -0.2) is 0 Å². The number of aryl methyl sites for hydroxylation is 1. The van der Waals surface area contributed by atoms with E-state index in [1.165, 1.54) is 14.0 Å². The summed E-state index contributed by atoms with van der Waals surface area (Å²) in [6.45, 7) is 1.41. The van der Waals surface area contributed by atoms with Gasteiger partial charge in [0.1, 0.15) is 6.10 Å². The zero-order chi connectivity index (χ0) is 15.8. The number of hydrogen-bond acceptors (Lipinski definition) is 6. The fourth-order valence-electron chi connectivity index (χ4n) is 1.89. The van der Waals surface area contributed by atoms with Crippen LogP contribution in [-0.2, 0) is 20.7 Å². The molecule has 0 heterocycles. The van der Waals surface area contributed by atoms with Gasteiger partial charge in [0.2, 0.25) is 0 Å². The number of carbonyl (C=O) groups is 2. The van der Waals surface area contributed by atoms with Gasteiger partial charge in [-0.2, -0.15) is 0 Å². The van der Waals surface area contributed by atoms with E-state index in [1.807, 2.05) is 0 Å². The molecule has 2 atom stereocenters. The van der Waals surface area contributed by atoms with Gasteiger partial charge in [0.05, 0.1) is 13.2 Å².